The molecule has 2 aromatic heterocycles. The molecule has 0 saturated carbocycles. The smallest absolute Gasteiger partial charge is 0.294 e. The molecule has 0 spiro atoms. The first kappa shape index (κ1) is 13.3. The van der Waals surface area contributed by atoms with Crippen LogP contribution >= 0.6 is 0 Å². The molecule has 1 fully saturated rings. The minimum atomic E-state index is -0.924. The van der Waals surface area contributed by atoms with Crippen molar-refractivity contribution in [1.82, 2.24) is 15.3 Å². The molecule has 0 bridgehead atoms. The Morgan fingerprint density at radius 2 is 2.32 bits per heavy atom. The van der Waals surface area contributed by atoms with Gasteiger partial charge in [-0.05, 0) is 18.2 Å². The lowest BCUT2D eigenvalue weighted by Crippen LogP contribution is -2.20. The average molecular weight is 303 g/mol. The number of alkyl halides is 1. The number of rotatable bonds is 2. The second-order valence-corrected chi connectivity index (χ2v) is 5.39. The van der Waals surface area contributed by atoms with Gasteiger partial charge in [-0.2, -0.15) is 0 Å². The minimum Gasteiger partial charge on any atom is -0.497 e. The molecule has 0 amide bonds. The van der Waals surface area contributed by atoms with Gasteiger partial charge in [0.05, 0.1) is 18.5 Å². The molecule has 1 saturated heterocycles. The SMILES string of the molecule is COc1ccc2oc3c(=O)[nH]c([C@@H]4C[C@@H](F)CN4)nc3c2c1. The Bertz CT molecular complexity index is 917. The first-order valence-corrected chi connectivity index (χ1v) is 7.03. The summed E-state index contributed by atoms with van der Waals surface area (Å²) in [5, 5.41) is 3.72. The number of hydrogen-bond acceptors (Lipinski definition) is 5. The third-order valence-electron chi connectivity index (χ3n) is 3.96. The van der Waals surface area contributed by atoms with Crippen LogP contribution in [0, 0.1) is 0 Å². The number of H-pyrrole nitrogens is 1. The highest BCUT2D eigenvalue weighted by Gasteiger charge is 2.27. The number of nitrogens with zero attached hydrogens (tertiary/aromatic N) is 1. The quantitative estimate of drug-likeness (QED) is 0.757. The highest BCUT2D eigenvalue weighted by Crippen LogP contribution is 2.30. The lowest BCUT2D eigenvalue weighted by atomic mass is 10.2. The highest BCUT2D eigenvalue weighted by atomic mass is 19.1. The third-order valence-corrected chi connectivity index (χ3v) is 3.96. The lowest BCUT2D eigenvalue weighted by Gasteiger charge is -2.08. The van der Waals surface area contributed by atoms with Gasteiger partial charge in [-0.15, -0.1) is 0 Å². The van der Waals surface area contributed by atoms with Crippen LogP contribution in [0.3, 0.4) is 0 Å². The molecule has 2 N–H and O–H groups in total. The van der Waals surface area contributed by atoms with Crippen molar-refractivity contribution in [2.45, 2.75) is 18.6 Å². The number of aromatic amines is 1. The summed E-state index contributed by atoms with van der Waals surface area (Å²) in [6.07, 6.45) is -0.625. The second kappa shape index (κ2) is 4.81. The van der Waals surface area contributed by atoms with Crippen LogP contribution in [-0.4, -0.2) is 29.8 Å². The number of benzene rings is 1. The van der Waals surface area contributed by atoms with E-state index in [1.807, 2.05) is 0 Å². The Kier molecular flexibility index (Phi) is 2.90. The van der Waals surface area contributed by atoms with E-state index in [1.165, 1.54) is 0 Å². The fourth-order valence-corrected chi connectivity index (χ4v) is 2.84. The van der Waals surface area contributed by atoms with E-state index in [1.54, 1.807) is 25.3 Å². The van der Waals surface area contributed by atoms with Crippen LogP contribution in [0.1, 0.15) is 18.3 Å². The van der Waals surface area contributed by atoms with Gasteiger partial charge in [0.15, 0.2) is 0 Å². The number of methoxy groups -OCH3 is 1. The van der Waals surface area contributed by atoms with Gasteiger partial charge in [0.2, 0.25) is 5.58 Å². The maximum Gasteiger partial charge on any atom is 0.294 e. The Balaban J connectivity index is 1.94. The molecule has 6 nitrogen and oxygen atoms in total. The molecule has 3 heterocycles. The molecule has 2 atom stereocenters. The second-order valence-electron chi connectivity index (χ2n) is 5.39. The van der Waals surface area contributed by atoms with E-state index in [0.717, 1.165) is 0 Å². The van der Waals surface area contributed by atoms with E-state index in [0.29, 0.717) is 34.5 Å². The van der Waals surface area contributed by atoms with E-state index >= 15 is 0 Å². The molecule has 0 unspecified atom stereocenters. The van der Waals surface area contributed by atoms with E-state index < -0.39 is 6.17 Å². The molecule has 114 valence electrons. The van der Waals surface area contributed by atoms with E-state index in [4.69, 9.17) is 9.15 Å². The van der Waals surface area contributed by atoms with Gasteiger partial charge in [-0.25, -0.2) is 9.37 Å². The number of nitrogens with one attached hydrogen (secondary N) is 2. The van der Waals surface area contributed by atoms with Crippen molar-refractivity contribution in [3.05, 3.63) is 34.4 Å². The van der Waals surface area contributed by atoms with Gasteiger partial charge in [-0.3, -0.25) is 4.79 Å². The summed E-state index contributed by atoms with van der Waals surface area (Å²) in [5.74, 6) is 1.09. The van der Waals surface area contributed by atoms with Crippen LogP contribution in [0.5, 0.6) is 5.75 Å². The predicted molar refractivity (Wildman–Crippen MR) is 78.9 cm³/mol. The maximum atomic E-state index is 13.3. The van der Waals surface area contributed by atoms with Gasteiger partial charge in [0.25, 0.3) is 5.56 Å². The molecule has 3 aromatic rings. The molecular formula is C15H14FN3O3. The first-order chi connectivity index (χ1) is 10.7. The van der Waals surface area contributed by atoms with Crippen molar-refractivity contribution >= 4 is 22.1 Å². The van der Waals surface area contributed by atoms with E-state index in [-0.39, 0.29) is 23.7 Å². The average Bonchev–Trinajstić information content (AvgIpc) is 3.11. The van der Waals surface area contributed by atoms with Crippen molar-refractivity contribution in [2.75, 3.05) is 13.7 Å². The zero-order valence-corrected chi connectivity index (χ0v) is 11.9. The van der Waals surface area contributed by atoms with Crippen LogP contribution in [-0.2, 0) is 0 Å². The molecule has 1 aromatic carbocycles. The zero-order chi connectivity index (χ0) is 15.3. The molecule has 0 aliphatic carbocycles. The van der Waals surface area contributed by atoms with Crippen molar-refractivity contribution in [1.29, 1.82) is 0 Å². The fraction of sp³-hybridized carbons (Fsp3) is 0.333. The topological polar surface area (TPSA) is 80.1 Å². The molecule has 1 aliphatic heterocycles. The number of ether oxygens (including phenoxy) is 1. The first-order valence-electron chi connectivity index (χ1n) is 7.03. The van der Waals surface area contributed by atoms with Gasteiger partial charge in [0, 0.05) is 13.0 Å². The number of hydrogen-bond donors (Lipinski definition) is 2. The minimum absolute atomic E-state index is 0.168. The third kappa shape index (κ3) is 1.97. The summed E-state index contributed by atoms with van der Waals surface area (Å²) in [7, 11) is 1.57. The number of aromatic nitrogens is 2. The summed E-state index contributed by atoms with van der Waals surface area (Å²) in [6.45, 7) is 0.270. The van der Waals surface area contributed by atoms with Crippen molar-refractivity contribution in [3.8, 4) is 5.75 Å². The van der Waals surface area contributed by atoms with Crippen LogP contribution in [0.2, 0.25) is 0 Å². The molecule has 1 aliphatic rings. The number of halogens is 1. The number of furan rings is 1. The normalized spacial score (nSPS) is 21.7. The van der Waals surface area contributed by atoms with Crippen LogP contribution in [0.4, 0.5) is 4.39 Å². The molecular weight excluding hydrogens is 289 g/mol. The van der Waals surface area contributed by atoms with Gasteiger partial charge in [0.1, 0.15) is 28.8 Å². The van der Waals surface area contributed by atoms with Gasteiger partial charge >= 0.3 is 0 Å². The van der Waals surface area contributed by atoms with E-state index in [9.17, 15) is 9.18 Å². The molecule has 22 heavy (non-hydrogen) atoms. The molecule has 4 rings (SSSR count). The maximum absolute atomic E-state index is 13.3. The van der Waals surface area contributed by atoms with Crippen molar-refractivity contribution in [2.24, 2.45) is 0 Å². The predicted octanol–water partition coefficient (Wildman–Crippen LogP) is 2.05. The fourth-order valence-electron chi connectivity index (χ4n) is 2.84. The lowest BCUT2D eigenvalue weighted by molar-refractivity contribution is 0.355. The summed E-state index contributed by atoms with van der Waals surface area (Å²) >= 11 is 0. The largest absolute Gasteiger partial charge is 0.497 e. The van der Waals surface area contributed by atoms with Gasteiger partial charge in [-0.1, -0.05) is 0 Å². The monoisotopic (exact) mass is 303 g/mol. The molecule has 0 radical (unpaired) electrons. The molecule has 7 heteroatoms. The number of fused-ring (bicyclic) bond motifs is 3. The Morgan fingerprint density at radius 1 is 1.45 bits per heavy atom. The van der Waals surface area contributed by atoms with Crippen molar-refractivity contribution < 1.29 is 13.5 Å². The Morgan fingerprint density at radius 3 is 3.05 bits per heavy atom. The summed E-state index contributed by atoms with van der Waals surface area (Å²) in [4.78, 5) is 19.4. The summed E-state index contributed by atoms with van der Waals surface area (Å²) < 4.78 is 24.1. The van der Waals surface area contributed by atoms with Crippen LogP contribution in [0.15, 0.2) is 27.4 Å². The zero-order valence-electron chi connectivity index (χ0n) is 11.9. The van der Waals surface area contributed by atoms with Crippen LogP contribution < -0.4 is 15.6 Å². The highest BCUT2D eigenvalue weighted by molar-refractivity contribution is 6.02. The Labute approximate surface area is 124 Å². The van der Waals surface area contributed by atoms with Gasteiger partial charge < -0.3 is 19.5 Å². The van der Waals surface area contributed by atoms with E-state index in [2.05, 4.69) is 15.3 Å². The van der Waals surface area contributed by atoms with Crippen molar-refractivity contribution in [3.63, 3.8) is 0 Å². The Hall–Kier alpha value is -2.41. The standard InChI is InChI=1S/C15H14FN3O3/c1-21-8-2-3-11-9(5-8)12-13(22-11)15(20)19-14(18-12)10-4-7(16)6-17-10/h2-3,5,7,10,17H,4,6H2,1H3,(H,18,19,20)/t7-,10+/m1/s1. The van der Waals surface area contributed by atoms with Crippen LogP contribution in [0.25, 0.3) is 22.1 Å². The summed E-state index contributed by atoms with van der Waals surface area (Å²) in [5.41, 5.74) is 0.839. The summed E-state index contributed by atoms with van der Waals surface area (Å²) in [6, 6.07) is 4.98.